The molecular weight excluding hydrogens is 301 g/mol. The monoisotopic (exact) mass is 319 g/mol. The molecule has 5 heteroatoms. The largest absolute Gasteiger partial charge is 0.492 e. The summed E-state index contributed by atoms with van der Waals surface area (Å²) in [7, 11) is 0. The van der Waals surface area contributed by atoms with Crippen LogP contribution in [0.25, 0.3) is 0 Å². The number of carbonyl (C=O) groups excluding carboxylic acids is 1. The number of halogens is 1. The Morgan fingerprint density at radius 1 is 1.14 bits per heavy atom. The van der Waals surface area contributed by atoms with Crippen molar-refractivity contribution in [1.82, 2.24) is 5.32 Å². The number of hydrogen-bond donors (Lipinski definition) is 1. The molecule has 0 atom stereocenters. The molecule has 0 heterocycles. The van der Waals surface area contributed by atoms with Crippen molar-refractivity contribution in [3.8, 4) is 5.75 Å². The van der Waals surface area contributed by atoms with E-state index in [2.05, 4.69) is 5.32 Å². The second-order valence-corrected chi connectivity index (χ2v) is 5.80. The molecule has 1 amide bonds. The summed E-state index contributed by atoms with van der Waals surface area (Å²) < 4.78 is 18.1. The van der Waals surface area contributed by atoms with Crippen LogP contribution in [0.4, 0.5) is 4.39 Å². The molecule has 2 aromatic carbocycles. The van der Waals surface area contributed by atoms with E-state index in [1.54, 1.807) is 12.1 Å². The van der Waals surface area contributed by atoms with Crippen LogP contribution in [0.1, 0.15) is 5.56 Å². The zero-order chi connectivity index (χ0) is 15.8. The summed E-state index contributed by atoms with van der Waals surface area (Å²) in [4.78, 5) is 12.8. The van der Waals surface area contributed by atoms with Crippen molar-refractivity contribution in [1.29, 1.82) is 0 Å². The van der Waals surface area contributed by atoms with Crippen LogP contribution in [0.2, 0.25) is 0 Å². The summed E-state index contributed by atoms with van der Waals surface area (Å²) in [6.45, 7) is 2.81. The molecule has 22 heavy (non-hydrogen) atoms. The molecule has 0 aromatic heterocycles. The minimum atomic E-state index is -0.297. The summed E-state index contributed by atoms with van der Waals surface area (Å²) in [5.41, 5.74) is 1.20. The lowest BCUT2D eigenvalue weighted by molar-refractivity contribution is -0.118. The fourth-order valence-corrected chi connectivity index (χ4v) is 2.45. The molecule has 3 nitrogen and oxygen atoms in total. The number of aryl methyl sites for hydroxylation is 1. The van der Waals surface area contributed by atoms with Crippen molar-refractivity contribution in [3.63, 3.8) is 0 Å². The fourth-order valence-electron chi connectivity index (χ4n) is 1.72. The first-order chi connectivity index (χ1) is 10.6. The lowest BCUT2D eigenvalue weighted by Gasteiger charge is -2.08. The molecule has 0 saturated carbocycles. The Labute approximate surface area is 133 Å². The smallest absolute Gasteiger partial charge is 0.230 e. The second-order valence-electron chi connectivity index (χ2n) is 4.75. The molecule has 0 fully saturated rings. The van der Waals surface area contributed by atoms with E-state index in [0.29, 0.717) is 24.7 Å². The molecule has 0 saturated heterocycles. The van der Waals surface area contributed by atoms with Gasteiger partial charge in [-0.05, 0) is 43.3 Å². The number of benzene rings is 2. The van der Waals surface area contributed by atoms with Gasteiger partial charge in [-0.2, -0.15) is 0 Å². The van der Waals surface area contributed by atoms with E-state index in [1.165, 1.54) is 29.5 Å². The van der Waals surface area contributed by atoms with Gasteiger partial charge in [0.25, 0.3) is 0 Å². The van der Waals surface area contributed by atoms with Crippen LogP contribution in [0, 0.1) is 12.7 Å². The second kappa shape index (κ2) is 8.44. The van der Waals surface area contributed by atoms with Crippen molar-refractivity contribution in [3.05, 3.63) is 59.9 Å². The van der Waals surface area contributed by atoms with Gasteiger partial charge in [-0.15, -0.1) is 11.8 Å². The average molecular weight is 319 g/mol. The van der Waals surface area contributed by atoms with Crippen LogP contribution in [0.15, 0.2) is 53.4 Å². The highest BCUT2D eigenvalue weighted by Crippen LogP contribution is 2.17. The van der Waals surface area contributed by atoms with Crippen molar-refractivity contribution in [2.45, 2.75) is 11.8 Å². The molecule has 2 rings (SSSR count). The third-order valence-corrected chi connectivity index (χ3v) is 3.91. The van der Waals surface area contributed by atoms with Gasteiger partial charge in [0.1, 0.15) is 18.2 Å². The molecule has 116 valence electrons. The van der Waals surface area contributed by atoms with E-state index in [1.807, 2.05) is 31.2 Å². The zero-order valence-corrected chi connectivity index (χ0v) is 13.2. The van der Waals surface area contributed by atoms with Gasteiger partial charge in [-0.25, -0.2) is 4.39 Å². The normalized spacial score (nSPS) is 10.3. The maximum absolute atomic E-state index is 12.7. The molecule has 0 spiro atoms. The third kappa shape index (κ3) is 5.77. The van der Waals surface area contributed by atoms with Gasteiger partial charge in [-0.3, -0.25) is 4.79 Å². The highest BCUT2D eigenvalue weighted by molar-refractivity contribution is 8.00. The first-order valence-corrected chi connectivity index (χ1v) is 7.96. The lowest BCUT2D eigenvalue weighted by atomic mass is 10.2. The first kappa shape index (κ1) is 16.4. The van der Waals surface area contributed by atoms with Gasteiger partial charge < -0.3 is 10.1 Å². The van der Waals surface area contributed by atoms with E-state index in [-0.39, 0.29) is 11.7 Å². The van der Waals surface area contributed by atoms with Gasteiger partial charge in [0.15, 0.2) is 0 Å². The van der Waals surface area contributed by atoms with Gasteiger partial charge in [0.2, 0.25) is 5.91 Å². The summed E-state index contributed by atoms with van der Waals surface area (Å²) in [5.74, 6) is 0.631. The molecule has 0 radical (unpaired) electrons. The maximum Gasteiger partial charge on any atom is 0.230 e. The molecular formula is C17H18FNO2S. The van der Waals surface area contributed by atoms with Crippen LogP contribution in [-0.2, 0) is 4.79 Å². The number of nitrogens with one attached hydrogen (secondary N) is 1. The van der Waals surface area contributed by atoms with E-state index in [4.69, 9.17) is 4.74 Å². The van der Waals surface area contributed by atoms with Crippen LogP contribution >= 0.6 is 11.8 Å². The standard InChI is InChI=1S/C17H18FNO2S/c1-13-2-8-16(9-3-13)22-12-17(20)19-10-11-21-15-6-4-14(18)5-7-15/h2-9H,10-12H2,1H3,(H,19,20). The summed E-state index contributed by atoms with van der Waals surface area (Å²) in [5, 5.41) is 2.79. The minimum Gasteiger partial charge on any atom is -0.492 e. The Morgan fingerprint density at radius 3 is 2.50 bits per heavy atom. The minimum absolute atomic E-state index is 0.0340. The number of thioether (sulfide) groups is 1. The highest BCUT2D eigenvalue weighted by atomic mass is 32.2. The molecule has 2 aromatic rings. The maximum atomic E-state index is 12.7. The van der Waals surface area contributed by atoms with Crippen molar-refractivity contribution >= 4 is 17.7 Å². The van der Waals surface area contributed by atoms with Gasteiger partial charge in [-0.1, -0.05) is 17.7 Å². The average Bonchev–Trinajstić information content (AvgIpc) is 2.53. The predicted molar refractivity (Wildman–Crippen MR) is 86.8 cm³/mol. The quantitative estimate of drug-likeness (QED) is 0.628. The Morgan fingerprint density at radius 2 is 1.82 bits per heavy atom. The highest BCUT2D eigenvalue weighted by Gasteiger charge is 2.02. The summed E-state index contributed by atoms with van der Waals surface area (Å²) in [6, 6.07) is 13.9. The Hall–Kier alpha value is -2.01. The van der Waals surface area contributed by atoms with E-state index in [0.717, 1.165) is 4.90 Å². The number of rotatable bonds is 7. The molecule has 0 aliphatic rings. The van der Waals surface area contributed by atoms with Crippen molar-refractivity contribution < 1.29 is 13.9 Å². The fraction of sp³-hybridized carbons (Fsp3) is 0.235. The van der Waals surface area contributed by atoms with E-state index in [9.17, 15) is 9.18 Å². The predicted octanol–water partition coefficient (Wildman–Crippen LogP) is 3.42. The van der Waals surface area contributed by atoms with Crippen molar-refractivity contribution in [2.24, 2.45) is 0 Å². The Balaban J connectivity index is 1.61. The third-order valence-electron chi connectivity index (χ3n) is 2.90. The Bertz CT molecular complexity index is 599. The van der Waals surface area contributed by atoms with Gasteiger partial charge >= 0.3 is 0 Å². The van der Waals surface area contributed by atoms with Gasteiger partial charge in [0, 0.05) is 4.90 Å². The number of carbonyl (C=O) groups is 1. The summed E-state index contributed by atoms with van der Waals surface area (Å²) in [6.07, 6.45) is 0. The number of hydrogen-bond acceptors (Lipinski definition) is 3. The first-order valence-electron chi connectivity index (χ1n) is 6.98. The summed E-state index contributed by atoms with van der Waals surface area (Å²) >= 11 is 1.50. The topological polar surface area (TPSA) is 38.3 Å². The van der Waals surface area contributed by atoms with Crippen LogP contribution in [0.5, 0.6) is 5.75 Å². The van der Waals surface area contributed by atoms with Crippen LogP contribution < -0.4 is 10.1 Å². The van der Waals surface area contributed by atoms with Gasteiger partial charge in [0.05, 0.1) is 12.3 Å². The van der Waals surface area contributed by atoms with Crippen LogP contribution in [-0.4, -0.2) is 24.8 Å². The van der Waals surface area contributed by atoms with Crippen LogP contribution in [0.3, 0.4) is 0 Å². The van der Waals surface area contributed by atoms with E-state index < -0.39 is 0 Å². The van der Waals surface area contributed by atoms with Crippen molar-refractivity contribution in [2.75, 3.05) is 18.9 Å². The number of ether oxygens (including phenoxy) is 1. The lowest BCUT2D eigenvalue weighted by Crippen LogP contribution is -2.29. The molecule has 0 unspecified atom stereocenters. The molecule has 0 bridgehead atoms. The molecule has 1 N–H and O–H groups in total. The Kier molecular flexibility index (Phi) is 6.27. The SMILES string of the molecule is Cc1ccc(SCC(=O)NCCOc2ccc(F)cc2)cc1. The zero-order valence-electron chi connectivity index (χ0n) is 12.3. The number of amides is 1. The van der Waals surface area contributed by atoms with E-state index >= 15 is 0 Å². The molecule has 0 aliphatic heterocycles. The molecule has 0 aliphatic carbocycles.